The van der Waals surface area contributed by atoms with E-state index in [-0.39, 0.29) is 20.6 Å². The summed E-state index contributed by atoms with van der Waals surface area (Å²) in [6.45, 7) is 2.73. The van der Waals surface area contributed by atoms with Crippen LogP contribution in [0.4, 0.5) is 11.5 Å². The lowest BCUT2D eigenvalue weighted by molar-refractivity contribution is -0.135. The van der Waals surface area contributed by atoms with Gasteiger partial charge in [-0.3, -0.25) is 13.7 Å². The number of hydrogen-bond donors (Lipinski definition) is 2. The molecule has 2 N–H and O–H groups in total. The monoisotopic (exact) mass is 560 g/mol. The molecule has 0 unspecified atom stereocenters. The fourth-order valence-electron chi connectivity index (χ4n) is 4.22. The third kappa shape index (κ3) is 5.21. The smallest absolute Gasteiger partial charge is 0.324 e. The Morgan fingerprint density at radius 2 is 1.68 bits per heavy atom. The van der Waals surface area contributed by atoms with Crippen molar-refractivity contribution in [3.8, 4) is 5.82 Å². The van der Waals surface area contributed by atoms with Gasteiger partial charge in [0, 0.05) is 47.8 Å². The number of sulfonamides is 1. The number of carboxylic acids is 1. The van der Waals surface area contributed by atoms with Crippen molar-refractivity contribution in [3.05, 3.63) is 71.1 Å². The SMILES string of the molecule is O=C(O)CN(c1ccc2c(ccn2-c2cnc(N3CCNCC3)cn2)c1)S(=O)(=O)c1cc(Cl)cc(Cl)c1. The number of nitrogens with one attached hydrogen (secondary N) is 1. The number of aromatic nitrogens is 3. The molecule has 2 aromatic carbocycles. The molecule has 0 aliphatic carbocycles. The van der Waals surface area contributed by atoms with Crippen molar-refractivity contribution in [3.63, 3.8) is 0 Å². The normalized spacial score (nSPS) is 14.2. The molecule has 0 radical (unpaired) electrons. The van der Waals surface area contributed by atoms with Gasteiger partial charge in [-0.25, -0.2) is 18.4 Å². The molecule has 1 fully saturated rings. The predicted molar refractivity (Wildman–Crippen MR) is 143 cm³/mol. The molecule has 13 heteroatoms. The van der Waals surface area contributed by atoms with Crippen LogP contribution >= 0.6 is 23.2 Å². The van der Waals surface area contributed by atoms with Gasteiger partial charge in [0.15, 0.2) is 5.82 Å². The van der Waals surface area contributed by atoms with Crippen LogP contribution in [-0.2, 0) is 14.8 Å². The lowest BCUT2D eigenvalue weighted by atomic mass is 10.2. The van der Waals surface area contributed by atoms with Gasteiger partial charge in [0.2, 0.25) is 0 Å². The Morgan fingerprint density at radius 3 is 2.32 bits per heavy atom. The second kappa shape index (κ2) is 10.2. The topological polar surface area (TPSA) is 121 Å². The van der Waals surface area contributed by atoms with E-state index in [1.807, 2.05) is 4.57 Å². The van der Waals surface area contributed by atoms with E-state index in [1.165, 1.54) is 18.2 Å². The highest BCUT2D eigenvalue weighted by atomic mass is 35.5. The van der Waals surface area contributed by atoms with Gasteiger partial charge in [-0.05, 0) is 42.5 Å². The maximum absolute atomic E-state index is 13.4. The molecule has 1 aliphatic rings. The van der Waals surface area contributed by atoms with Crippen LogP contribution in [0.25, 0.3) is 16.7 Å². The molecular weight excluding hydrogens is 539 g/mol. The minimum Gasteiger partial charge on any atom is -0.480 e. The zero-order valence-electron chi connectivity index (χ0n) is 19.4. The molecule has 10 nitrogen and oxygen atoms in total. The molecule has 3 heterocycles. The van der Waals surface area contributed by atoms with Gasteiger partial charge in [-0.1, -0.05) is 23.2 Å². The first kappa shape index (κ1) is 25.3. The highest BCUT2D eigenvalue weighted by Gasteiger charge is 2.28. The molecule has 0 spiro atoms. The minimum atomic E-state index is -4.28. The summed E-state index contributed by atoms with van der Waals surface area (Å²) in [7, 11) is -4.28. The first-order valence-electron chi connectivity index (χ1n) is 11.3. The van der Waals surface area contributed by atoms with Crippen LogP contribution in [0.5, 0.6) is 0 Å². The summed E-state index contributed by atoms with van der Waals surface area (Å²) in [6.07, 6.45) is 5.22. The van der Waals surface area contributed by atoms with Crippen LogP contribution < -0.4 is 14.5 Å². The molecule has 37 heavy (non-hydrogen) atoms. The quantitative estimate of drug-likeness (QED) is 0.352. The second-order valence-corrected chi connectivity index (χ2v) is 11.1. The van der Waals surface area contributed by atoms with Crippen LogP contribution in [0.3, 0.4) is 0 Å². The van der Waals surface area contributed by atoms with Gasteiger partial charge in [0.1, 0.15) is 12.4 Å². The number of carboxylic acid groups (broad SMARTS) is 1. The van der Waals surface area contributed by atoms with Gasteiger partial charge in [-0.2, -0.15) is 0 Å². The summed E-state index contributed by atoms with van der Waals surface area (Å²) in [6, 6.07) is 10.5. The minimum absolute atomic E-state index is 0.123. The Hall–Kier alpha value is -3.38. The summed E-state index contributed by atoms with van der Waals surface area (Å²) in [5, 5.41) is 13.7. The number of aliphatic carboxylic acids is 1. The molecule has 5 rings (SSSR count). The van der Waals surface area contributed by atoms with E-state index in [0.717, 1.165) is 41.8 Å². The van der Waals surface area contributed by atoms with E-state index >= 15 is 0 Å². The molecule has 0 atom stereocenters. The summed E-state index contributed by atoms with van der Waals surface area (Å²) in [4.78, 5) is 22.7. The van der Waals surface area contributed by atoms with Crippen LogP contribution in [-0.4, -0.2) is 66.8 Å². The predicted octanol–water partition coefficient (Wildman–Crippen LogP) is 3.42. The second-order valence-electron chi connectivity index (χ2n) is 8.41. The number of benzene rings is 2. The van der Waals surface area contributed by atoms with Crippen LogP contribution in [0.2, 0.25) is 10.0 Å². The third-order valence-electron chi connectivity index (χ3n) is 5.98. The van der Waals surface area contributed by atoms with Gasteiger partial charge in [0.25, 0.3) is 10.0 Å². The molecule has 0 saturated carbocycles. The summed E-state index contributed by atoms with van der Waals surface area (Å²) in [5.41, 5.74) is 0.940. The maximum Gasteiger partial charge on any atom is 0.324 e. The van der Waals surface area contributed by atoms with Gasteiger partial charge in [-0.15, -0.1) is 0 Å². The van der Waals surface area contributed by atoms with Gasteiger partial charge < -0.3 is 15.3 Å². The Bertz CT molecular complexity index is 1550. The largest absolute Gasteiger partial charge is 0.480 e. The molecule has 0 amide bonds. The molecule has 4 aromatic rings. The van der Waals surface area contributed by atoms with Crippen LogP contribution in [0.15, 0.2) is 66.0 Å². The van der Waals surface area contributed by atoms with E-state index in [9.17, 15) is 18.3 Å². The summed E-state index contributed by atoms with van der Waals surface area (Å²) >= 11 is 12.0. The molecule has 1 saturated heterocycles. The summed E-state index contributed by atoms with van der Waals surface area (Å²) in [5.74, 6) is 0.0964. The lowest BCUT2D eigenvalue weighted by Crippen LogP contribution is -2.43. The van der Waals surface area contributed by atoms with E-state index in [0.29, 0.717) is 11.2 Å². The highest BCUT2D eigenvalue weighted by molar-refractivity contribution is 7.92. The molecule has 192 valence electrons. The highest BCUT2D eigenvalue weighted by Crippen LogP contribution is 2.31. The molecule has 0 bridgehead atoms. The third-order valence-corrected chi connectivity index (χ3v) is 8.17. The number of anilines is 2. The number of carbonyl (C=O) groups is 1. The Labute approximate surface area is 223 Å². The van der Waals surface area contributed by atoms with Crippen molar-refractivity contribution in [1.82, 2.24) is 19.9 Å². The number of rotatable bonds is 7. The van der Waals surface area contributed by atoms with E-state index in [1.54, 1.807) is 42.9 Å². The fraction of sp³-hybridized carbons (Fsp3) is 0.208. The van der Waals surface area contributed by atoms with Crippen molar-refractivity contribution in [2.45, 2.75) is 4.90 Å². The van der Waals surface area contributed by atoms with E-state index < -0.39 is 22.5 Å². The first-order chi connectivity index (χ1) is 17.7. The number of nitrogens with zero attached hydrogens (tertiary/aromatic N) is 5. The maximum atomic E-state index is 13.4. The van der Waals surface area contributed by atoms with Crippen molar-refractivity contribution in [2.24, 2.45) is 0 Å². The van der Waals surface area contributed by atoms with Crippen molar-refractivity contribution in [2.75, 3.05) is 41.9 Å². The number of halogens is 2. The number of hydrogen-bond acceptors (Lipinski definition) is 7. The average molecular weight is 561 g/mol. The fourth-order valence-corrected chi connectivity index (χ4v) is 6.36. The lowest BCUT2D eigenvalue weighted by Gasteiger charge is -2.28. The number of fused-ring (bicyclic) bond motifs is 1. The van der Waals surface area contributed by atoms with Crippen LogP contribution in [0.1, 0.15) is 0 Å². The standard InChI is InChI=1S/C24H22Cl2N6O4S/c25-17-10-18(26)12-20(11-17)37(35,36)32(15-24(33)34)19-1-2-21-16(9-19)3-6-31(21)23-14-28-22(13-29-23)30-7-4-27-5-8-30/h1-3,6,9-14,27H,4-5,7-8,15H2,(H,33,34). The molecule has 2 aromatic heterocycles. The Morgan fingerprint density at radius 1 is 1.00 bits per heavy atom. The average Bonchev–Trinajstić information content (AvgIpc) is 3.30. The van der Waals surface area contributed by atoms with Crippen LogP contribution in [0, 0.1) is 0 Å². The number of piperazine rings is 1. The van der Waals surface area contributed by atoms with E-state index in [2.05, 4.69) is 20.2 Å². The molecule has 1 aliphatic heterocycles. The zero-order valence-corrected chi connectivity index (χ0v) is 21.7. The van der Waals surface area contributed by atoms with Crippen molar-refractivity contribution < 1.29 is 18.3 Å². The molecular formula is C24H22Cl2N6O4S. The van der Waals surface area contributed by atoms with Crippen molar-refractivity contribution in [1.29, 1.82) is 0 Å². The van der Waals surface area contributed by atoms with E-state index in [4.69, 9.17) is 23.2 Å². The first-order valence-corrected chi connectivity index (χ1v) is 13.5. The summed E-state index contributed by atoms with van der Waals surface area (Å²) < 4.78 is 29.5. The van der Waals surface area contributed by atoms with Gasteiger partial charge in [0.05, 0.1) is 28.5 Å². The zero-order chi connectivity index (χ0) is 26.2. The van der Waals surface area contributed by atoms with Gasteiger partial charge >= 0.3 is 5.97 Å². The van der Waals surface area contributed by atoms with Crippen molar-refractivity contribution >= 4 is 61.6 Å². The Balaban J connectivity index is 1.49. The Kier molecular flexibility index (Phi) is 6.95.